The highest BCUT2D eigenvalue weighted by atomic mass is 14.9. The number of aryl methyl sites for hydroxylation is 2. The first kappa shape index (κ1) is 15.8. The third-order valence-electron chi connectivity index (χ3n) is 3.42. The second kappa shape index (κ2) is 10.6. The molecule has 0 bridgehead atoms. The van der Waals surface area contributed by atoms with Crippen LogP contribution >= 0.6 is 0 Å². The van der Waals surface area contributed by atoms with Crippen molar-refractivity contribution in [2.45, 2.75) is 71.8 Å². The van der Waals surface area contributed by atoms with E-state index in [0.29, 0.717) is 0 Å². The Labute approximate surface area is 119 Å². The van der Waals surface area contributed by atoms with E-state index in [1.807, 2.05) is 0 Å². The first-order chi connectivity index (χ1) is 9.34. The van der Waals surface area contributed by atoms with Gasteiger partial charge in [-0.25, -0.2) is 4.57 Å². The van der Waals surface area contributed by atoms with E-state index in [2.05, 4.69) is 54.7 Å². The van der Waals surface area contributed by atoms with Crippen LogP contribution in [0.3, 0.4) is 0 Å². The molecule has 0 saturated carbocycles. The van der Waals surface area contributed by atoms with Crippen molar-refractivity contribution < 1.29 is 4.57 Å². The Morgan fingerprint density at radius 1 is 0.947 bits per heavy atom. The van der Waals surface area contributed by atoms with Crippen molar-refractivity contribution in [1.29, 1.82) is 0 Å². The predicted molar refractivity (Wildman–Crippen MR) is 81.8 cm³/mol. The highest BCUT2D eigenvalue weighted by Gasteiger charge is 2.02. The van der Waals surface area contributed by atoms with Gasteiger partial charge in [-0.3, -0.25) is 0 Å². The van der Waals surface area contributed by atoms with Crippen LogP contribution in [0.15, 0.2) is 24.4 Å². The second-order valence-electron chi connectivity index (χ2n) is 5.11. The van der Waals surface area contributed by atoms with E-state index in [1.54, 1.807) is 0 Å². The molecule has 0 aliphatic carbocycles. The number of unbranched alkanes of at least 4 members (excludes halogenated alkanes) is 6. The fraction of sp³-hybridized carbons (Fsp3) is 0.611. The Morgan fingerprint density at radius 3 is 2.42 bits per heavy atom. The SMILES string of the molecule is CCC#CCCCCCCCC[n+]1ccccc1C. The summed E-state index contributed by atoms with van der Waals surface area (Å²) in [6.45, 7) is 5.45. The van der Waals surface area contributed by atoms with E-state index in [-0.39, 0.29) is 0 Å². The average molecular weight is 258 g/mol. The Morgan fingerprint density at radius 2 is 1.68 bits per heavy atom. The molecular weight excluding hydrogens is 230 g/mol. The minimum atomic E-state index is 0.997. The van der Waals surface area contributed by atoms with Crippen LogP contribution in [0.2, 0.25) is 0 Å². The zero-order chi connectivity index (χ0) is 13.8. The fourth-order valence-electron chi connectivity index (χ4n) is 2.23. The van der Waals surface area contributed by atoms with Crippen molar-refractivity contribution in [1.82, 2.24) is 0 Å². The molecule has 0 aliphatic heterocycles. The van der Waals surface area contributed by atoms with Gasteiger partial charge in [0, 0.05) is 38.3 Å². The monoisotopic (exact) mass is 258 g/mol. The first-order valence-corrected chi connectivity index (χ1v) is 7.75. The van der Waals surface area contributed by atoms with Crippen LogP contribution in [0, 0.1) is 18.8 Å². The molecule has 1 nitrogen and oxygen atoms in total. The number of pyridine rings is 1. The molecule has 0 amide bonds. The van der Waals surface area contributed by atoms with E-state index >= 15 is 0 Å². The zero-order valence-electron chi connectivity index (χ0n) is 12.6. The summed E-state index contributed by atoms with van der Waals surface area (Å²) in [4.78, 5) is 0. The first-order valence-electron chi connectivity index (χ1n) is 7.75. The molecule has 1 heterocycles. The van der Waals surface area contributed by atoms with E-state index in [4.69, 9.17) is 0 Å². The van der Waals surface area contributed by atoms with E-state index in [0.717, 1.165) is 19.4 Å². The molecule has 1 heteroatoms. The number of nitrogens with zero attached hydrogens (tertiary/aromatic N) is 1. The normalized spacial score (nSPS) is 10.0. The highest BCUT2D eigenvalue weighted by molar-refractivity contribution is 4.97. The second-order valence-corrected chi connectivity index (χ2v) is 5.11. The summed E-state index contributed by atoms with van der Waals surface area (Å²) >= 11 is 0. The van der Waals surface area contributed by atoms with Gasteiger partial charge in [-0.15, -0.1) is 11.8 Å². The maximum atomic E-state index is 3.21. The topological polar surface area (TPSA) is 3.88 Å². The van der Waals surface area contributed by atoms with Crippen molar-refractivity contribution in [3.8, 4) is 11.8 Å². The van der Waals surface area contributed by atoms with Crippen LogP contribution in [-0.4, -0.2) is 0 Å². The lowest BCUT2D eigenvalue weighted by Gasteiger charge is -2.01. The van der Waals surface area contributed by atoms with Crippen molar-refractivity contribution in [3.05, 3.63) is 30.1 Å². The van der Waals surface area contributed by atoms with Gasteiger partial charge in [0.2, 0.25) is 0 Å². The Balaban J connectivity index is 1.96. The average Bonchev–Trinajstić information content (AvgIpc) is 2.43. The number of aromatic nitrogens is 1. The quantitative estimate of drug-likeness (QED) is 0.369. The molecule has 1 rings (SSSR count). The summed E-state index contributed by atoms with van der Waals surface area (Å²) in [7, 11) is 0. The van der Waals surface area contributed by atoms with Crippen LogP contribution in [0.4, 0.5) is 0 Å². The van der Waals surface area contributed by atoms with Gasteiger partial charge in [0.15, 0.2) is 11.9 Å². The standard InChI is InChI=1S/C18H28N/c1-3-4-5-6-7-8-9-10-11-13-16-19-17-14-12-15-18(19)2/h12,14-15,17H,3,6-11,13,16H2,1-2H3/q+1. The van der Waals surface area contributed by atoms with Crippen molar-refractivity contribution in [2.24, 2.45) is 0 Å². The third kappa shape index (κ3) is 7.67. The minimum Gasteiger partial charge on any atom is -0.203 e. The highest BCUT2D eigenvalue weighted by Crippen LogP contribution is 2.07. The molecule has 0 radical (unpaired) electrons. The molecule has 0 unspecified atom stereocenters. The third-order valence-corrected chi connectivity index (χ3v) is 3.42. The van der Waals surface area contributed by atoms with Gasteiger partial charge in [-0.05, 0) is 12.8 Å². The number of rotatable bonds is 8. The fourth-order valence-corrected chi connectivity index (χ4v) is 2.23. The Bertz CT molecular complexity index is 398. The molecule has 0 spiro atoms. The Kier molecular flexibility index (Phi) is 8.81. The van der Waals surface area contributed by atoms with Gasteiger partial charge in [0.25, 0.3) is 0 Å². The summed E-state index contributed by atoms with van der Waals surface area (Å²) in [5, 5.41) is 0. The smallest absolute Gasteiger partial charge is 0.178 e. The van der Waals surface area contributed by atoms with Crippen LogP contribution in [-0.2, 0) is 6.54 Å². The molecule has 1 aromatic heterocycles. The molecule has 0 aromatic carbocycles. The Hall–Kier alpha value is -1.29. The lowest BCUT2D eigenvalue weighted by molar-refractivity contribution is -0.703. The van der Waals surface area contributed by atoms with Crippen LogP contribution in [0.5, 0.6) is 0 Å². The minimum absolute atomic E-state index is 0.997. The predicted octanol–water partition coefficient (Wildman–Crippen LogP) is 4.43. The molecular formula is C18H28N+. The van der Waals surface area contributed by atoms with Crippen LogP contribution in [0.25, 0.3) is 0 Å². The van der Waals surface area contributed by atoms with E-state index < -0.39 is 0 Å². The molecule has 1 aromatic rings. The molecule has 0 fully saturated rings. The van der Waals surface area contributed by atoms with Crippen LogP contribution in [0.1, 0.15) is 64.0 Å². The zero-order valence-corrected chi connectivity index (χ0v) is 12.6. The van der Waals surface area contributed by atoms with Crippen molar-refractivity contribution >= 4 is 0 Å². The summed E-state index contributed by atoms with van der Waals surface area (Å²) in [6, 6.07) is 6.40. The molecule has 0 N–H and O–H groups in total. The van der Waals surface area contributed by atoms with Crippen LogP contribution < -0.4 is 4.57 Å². The summed E-state index contributed by atoms with van der Waals surface area (Å²) < 4.78 is 2.35. The molecule has 19 heavy (non-hydrogen) atoms. The van der Waals surface area contributed by atoms with Gasteiger partial charge < -0.3 is 0 Å². The summed E-state index contributed by atoms with van der Waals surface area (Å²) in [5.41, 5.74) is 1.36. The molecule has 0 atom stereocenters. The van der Waals surface area contributed by atoms with Gasteiger partial charge in [-0.2, -0.15) is 0 Å². The number of hydrogen-bond donors (Lipinski definition) is 0. The largest absolute Gasteiger partial charge is 0.203 e. The molecule has 0 saturated heterocycles. The van der Waals surface area contributed by atoms with Gasteiger partial charge in [0.1, 0.15) is 6.54 Å². The lowest BCUT2D eigenvalue weighted by atomic mass is 10.1. The van der Waals surface area contributed by atoms with Gasteiger partial charge in [0.05, 0.1) is 0 Å². The number of hydrogen-bond acceptors (Lipinski definition) is 0. The van der Waals surface area contributed by atoms with Crippen molar-refractivity contribution in [2.75, 3.05) is 0 Å². The molecule has 0 aliphatic rings. The summed E-state index contributed by atoms with van der Waals surface area (Å²) in [5.74, 6) is 6.34. The lowest BCUT2D eigenvalue weighted by Crippen LogP contribution is -2.36. The van der Waals surface area contributed by atoms with Gasteiger partial charge in [-0.1, -0.05) is 32.3 Å². The maximum absolute atomic E-state index is 3.21. The van der Waals surface area contributed by atoms with Crippen molar-refractivity contribution in [3.63, 3.8) is 0 Å². The van der Waals surface area contributed by atoms with Gasteiger partial charge >= 0.3 is 0 Å². The van der Waals surface area contributed by atoms with E-state index in [9.17, 15) is 0 Å². The summed E-state index contributed by atoms with van der Waals surface area (Å²) in [6.07, 6.45) is 12.3. The maximum Gasteiger partial charge on any atom is 0.178 e. The molecule has 104 valence electrons. The van der Waals surface area contributed by atoms with E-state index in [1.165, 1.54) is 44.2 Å².